The Bertz CT molecular complexity index is 744. The molecule has 1 atom stereocenters. The van der Waals surface area contributed by atoms with Gasteiger partial charge in [0.1, 0.15) is 0 Å². The fraction of sp³-hybridized carbons (Fsp3) is 0.333. The SMILES string of the molecule is C[C@@H](NS(C)(=O)=O)C(=O)NCc1nc(-c2cccnc2)no1. The Morgan fingerprint density at radius 1 is 1.45 bits per heavy atom. The zero-order valence-corrected chi connectivity index (χ0v) is 12.8. The number of carbonyl (C=O) groups is 1. The van der Waals surface area contributed by atoms with E-state index < -0.39 is 22.0 Å². The van der Waals surface area contributed by atoms with E-state index >= 15 is 0 Å². The van der Waals surface area contributed by atoms with Crippen LogP contribution in [0.5, 0.6) is 0 Å². The molecule has 2 aromatic rings. The van der Waals surface area contributed by atoms with Crippen molar-refractivity contribution in [3.8, 4) is 11.4 Å². The average molecular weight is 325 g/mol. The summed E-state index contributed by atoms with van der Waals surface area (Å²) >= 11 is 0. The minimum absolute atomic E-state index is 0.00186. The molecule has 0 aliphatic heterocycles. The van der Waals surface area contributed by atoms with Gasteiger partial charge in [0.15, 0.2) is 0 Å². The van der Waals surface area contributed by atoms with Gasteiger partial charge in [-0.2, -0.15) is 4.98 Å². The summed E-state index contributed by atoms with van der Waals surface area (Å²) in [6.45, 7) is 1.44. The summed E-state index contributed by atoms with van der Waals surface area (Å²) in [4.78, 5) is 19.8. The van der Waals surface area contributed by atoms with Crippen molar-refractivity contribution >= 4 is 15.9 Å². The lowest BCUT2D eigenvalue weighted by Crippen LogP contribution is -2.44. The first-order chi connectivity index (χ1) is 10.3. The van der Waals surface area contributed by atoms with E-state index in [2.05, 4.69) is 25.2 Å². The summed E-state index contributed by atoms with van der Waals surface area (Å²) in [5, 5.41) is 6.29. The highest BCUT2D eigenvalue weighted by molar-refractivity contribution is 7.88. The largest absolute Gasteiger partial charge is 0.346 e. The van der Waals surface area contributed by atoms with Crippen molar-refractivity contribution in [3.63, 3.8) is 0 Å². The molecule has 0 saturated heterocycles. The fourth-order valence-corrected chi connectivity index (χ4v) is 2.38. The molecule has 118 valence electrons. The van der Waals surface area contributed by atoms with Crippen LogP contribution in [0.1, 0.15) is 12.8 Å². The third-order valence-corrected chi connectivity index (χ3v) is 3.37. The number of amides is 1. The molecule has 22 heavy (non-hydrogen) atoms. The minimum Gasteiger partial charge on any atom is -0.346 e. The predicted molar refractivity (Wildman–Crippen MR) is 76.8 cm³/mol. The van der Waals surface area contributed by atoms with Gasteiger partial charge in [-0.3, -0.25) is 9.78 Å². The van der Waals surface area contributed by atoms with Crippen LogP contribution < -0.4 is 10.0 Å². The van der Waals surface area contributed by atoms with E-state index in [4.69, 9.17) is 4.52 Å². The molecule has 0 saturated carbocycles. The van der Waals surface area contributed by atoms with Crippen molar-refractivity contribution in [1.29, 1.82) is 0 Å². The van der Waals surface area contributed by atoms with Gasteiger partial charge in [0.2, 0.25) is 27.6 Å². The average Bonchev–Trinajstić information content (AvgIpc) is 2.92. The van der Waals surface area contributed by atoms with E-state index in [0.29, 0.717) is 11.4 Å². The smallest absolute Gasteiger partial charge is 0.246 e. The Labute approximate surface area is 127 Å². The Hall–Kier alpha value is -2.33. The van der Waals surface area contributed by atoms with Gasteiger partial charge < -0.3 is 9.84 Å². The van der Waals surface area contributed by atoms with Crippen LogP contribution in [0.3, 0.4) is 0 Å². The second kappa shape index (κ2) is 6.62. The first kappa shape index (κ1) is 16.0. The maximum Gasteiger partial charge on any atom is 0.246 e. The number of pyridine rings is 1. The summed E-state index contributed by atoms with van der Waals surface area (Å²) in [5.74, 6) is 0.0740. The van der Waals surface area contributed by atoms with Crippen LogP contribution in [0.15, 0.2) is 29.0 Å². The highest BCUT2D eigenvalue weighted by atomic mass is 32.2. The molecule has 2 aromatic heterocycles. The number of sulfonamides is 1. The van der Waals surface area contributed by atoms with E-state index in [-0.39, 0.29) is 12.4 Å². The Morgan fingerprint density at radius 2 is 2.23 bits per heavy atom. The van der Waals surface area contributed by atoms with E-state index in [9.17, 15) is 13.2 Å². The summed E-state index contributed by atoms with van der Waals surface area (Å²) in [6, 6.07) is 2.62. The third kappa shape index (κ3) is 4.60. The molecule has 0 spiro atoms. The van der Waals surface area contributed by atoms with Gasteiger partial charge in [0.25, 0.3) is 0 Å². The highest BCUT2D eigenvalue weighted by Gasteiger charge is 2.17. The van der Waals surface area contributed by atoms with Crippen LogP contribution in [-0.2, 0) is 21.4 Å². The van der Waals surface area contributed by atoms with E-state index in [1.54, 1.807) is 24.5 Å². The second-order valence-corrected chi connectivity index (χ2v) is 6.36. The molecule has 2 N–H and O–H groups in total. The molecule has 0 radical (unpaired) electrons. The normalized spacial score (nSPS) is 12.8. The second-order valence-electron chi connectivity index (χ2n) is 4.58. The molecular weight excluding hydrogens is 310 g/mol. The molecule has 0 aliphatic carbocycles. The van der Waals surface area contributed by atoms with E-state index in [1.165, 1.54) is 6.92 Å². The Kier molecular flexibility index (Phi) is 4.83. The van der Waals surface area contributed by atoms with Gasteiger partial charge >= 0.3 is 0 Å². The first-order valence-electron chi connectivity index (χ1n) is 6.33. The minimum atomic E-state index is -3.45. The summed E-state index contributed by atoms with van der Waals surface area (Å²) < 4.78 is 29.3. The highest BCUT2D eigenvalue weighted by Crippen LogP contribution is 2.13. The molecule has 9 nitrogen and oxygen atoms in total. The molecule has 0 aromatic carbocycles. The predicted octanol–water partition coefficient (Wildman–Crippen LogP) is -0.314. The first-order valence-corrected chi connectivity index (χ1v) is 8.22. The van der Waals surface area contributed by atoms with Crippen molar-refractivity contribution in [2.75, 3.05) is 6.26 Å². The molecule has 2 rings (SSSR count). The van der Waals surface area contributed by atoms with Gasteiger partial charge in [-0.25, -0.2) is 13.1 Å². The molecule has 0 unspecified atom stereocenters. The van der Waals surface area contributed by atoms with Crippen LogP contribution in [-0.4, -0.2) is 41.7 Å². The van der Waals surface area contributed by atoms with Crippen molar-refractivity contribution in [2.45, 2.75) is 19.5 Å². The number of rotatable bonds is 6. The third-order valence-electron chi connectivity index (χ3n) is 2.59. The number of hydrogen-bond donors (Lipinski definition) is 2. The van der Waals surface area contributed by atoms with E-state index in [1.807, 2.05) is 0 Å². The molecule has 0 bridgehead atoms. The summed E-state index contributed by atoms with van der Waals surface area (Å²) in [7, 11) is -3.45. The zero-order valence-electron chi connectivity index (χ0n) is 12.0. The van der Waals surface area contributed by atoms with Crippen LogP contribution >= 0.6 is 0 Å². The van der Waals surface area contributed by atoms with Gasteiger partial charge in [-0.05, 0) is 19.1 Å². The maximum absolute atomic E-state index is 11.7. The van der Waals surface area contributed by atoms with Crippen LogP contribution in [0.2, 0.25) is 0 Å². The van der Waals surface area contributed by atoms with Crippen molar-refractivity contribution in [3.05, 3.63) is 30.4 Å². The van der Waals surface area contributed by atoms with Crippen molar-refractivity contribution in [2.24, 2.45) is 0 Å². The number of carbonyl (C=O) groups excluding carboxylic acids is 1. The molecule has 1 amide bonds. The lowest BCUT2D eigenvalue weighted by molar-refractivity contribution is -0.122. The van der Waals surface area contributed by atoms with E-state index in [0.717, 1.165) is 6.26 Å². The molecular formula is C12H15N5O4S. The summed E-state index contributed by atoms with van der Waals surface area (Å²) in [6.07, 6.45) is 4.20. The topological polar surface area (TPSA) is 127 Å². The van der Waals surface area contributed by atoms with Crippen molar-refractivity contribution in [1.82, 2.24) is 25.2 Å². The summed E-state index contributed by atoms with van der Waals surface area (Å²) in [5.41, 5.74) is 0.691. The molecule has 10 heteroatoms. The fourth-order valence-electron chi connectivity index (χ4n) is 1.63. The number of aromatic nitrogens is 3. The standard InChI is InChI=1S/C12H15N5O4S/c1-8(17-22(2,19)20)12(18)14-7-10-15-11(16-21-10)9-4-3-5-13-6-9/h3-6,8,17H,7H2,1-2H3,(H,14,18)/t8-/m1/s1. The monoisotopic (exact) mass is 325 g/mol. The van der Waals surface area contributed by atoms with Gasteiger partial charge in [-0.1, -0.05) is 5.16 Å². The lowest BCUT2D eigenvalue weighted by Gasteiger charge is -2.11. The van der Waals surface area contributed by atoms with Crippen LogP contribution in [0.25, 0.3) is 11.4 Å². The molecule has 2 heterocycles. The van der Waals surface area contributed by atoms with Gasteiger partial charge in [0.05, 0.1) is 18.8 Å². The lowest BCUT2D eigenvalue weighted by atomic mass is 10.3. The number of nitrogens with zero attached hydrogens (tertiary/aromatic N) is 3. The van der Waals surface area contributed by atoms with Gasteiger partial charge in [0, 0.05) is 18.0 Å². The van der Waals surface area contributed by atoms with Crippen LogP contribution in [0, 0.1) is 0 Å². The Morgan fingerprint density at radius 3 is 2.86 bits per heavy atom. The quantitative estimate of drug-likeness (QED) is 0.745. The molecule has 0 fully saturated rings. The number of nitrogens with one attached hydrogen (secondary N) is 2. The Balaban J connectivity index is 1.93. The zero-order chi connectivity index (χ0) is 16.2. The maximum atomic E-state index is 11.7. The van der Waals surface area contributed by atoms with Gasteiger partial charge in [-0.15, -0.1) is 0 Å². The van der Waals surface area contributed by atoms with Crippen LogP contribution in [0.4, 0.5) is 0 Å². The van der Waals surface area contributed by atoms with Crippen molar-refractivity contribution < 1.29 is 17.7 Å². The number of hydrogen-bond acceptors (Lipinski definition) is 7. The molecule has 0 aliphatic rings.